The van der Waals surface area contributed by atoms with Crippen molar-refractivity contribution in [2.45, 2.75) is 45.6 Å². The Morgan fingerprint density at radius 1 is 1.26 bits per heavy atom. The van der Waals surface area contributed by atoms with Crippen LogP contribution < -0.4 is 10.1 Å². The van der Waals surface area contributed by atoms with Crippen LogP contribution in [0.15, 0.2) is 18.2 Å². The SMILES string of the molecule is COc1cc(C(=O)OCC(=O)N[C@@H]2CCCC[C@H]2C)ccc1C. The summed E-state index contributed by atoms with van der Waals surface area (Å²) in [6, 6.07) is 5.27. The average molecular weight is 319 g/mol. The van der Waals surface area contributed by atoms with Crippen molar-refractivity contribution in [1.29, 1.82) is 0 Å². The normalized spacial score (nSPS) is 20.7. The summed E-state index contributed by atoms with van der Waals surface area (Å²) < 4.78 is 10.3. The fourth-order valence-electron chi connectivity index (χ4n) is 2.94. The van der Waals surface area contributed by atoms with Crippen molar-refractivity contribution in [3.05, 3.63) is 29.3 Å². The van der Waals surface area contributed by atoms with E-state index in [1.807, 2.05) is 6.92 Å². The van der Waals surface area contributed by atoms with Gasteiger partial charge >= 0.3 is 5.97 Å². The van der Waals surface area contributed by atoms with Crippen LogP contribution >= 0.6 is 0 Å². The molecule has 2 rings (SSSR count). The molecular weight excluding hydrogens is 294 g/mol. The molecule has 5 heteroatoms. The third kappa shape index (κ3) is 4.71. The third-order valence-electron chi connectivity index (χ3n) is 4.44. The van der Waals surface area contributed by atoms with Gasteiger partial charge in [-0.2, -0.15) is 0 Å². The predicted octanol–water partition coefficient (Wildman–Crippen LogP) is 2.86. The van der Waals surface area contributed by atoms with E-state index in [1.165, 1.54) is 6.42 Å². The number of amides is 1. The number of ether oxygens (including phenoxy) is 2. The van der Waals surface area contributed by atoms with Crippen molar-refractivity contribution in [1.82, 2.24) is 5.32 Å². The highest BCUT2D eigenvalue weighted by molar-refractivity contribution is 5.91. The molecule has 1 aromatic carbocycles. The third-order valence-corrected chi connectivity index (χ3v) is 4.44. The fraction of sp³-hybridized carbons (Fsp3) is 0.556. The van der Waals surface area contributed by atoms with Crippen LogP contribution in [0.2, 0.25) is 0 Å². The Morgan fingerprint density at radius 2 is 2.00 bits per heavy atom. The molecule has 23 heavy (non-hydrogen) atoms. The minimum atomic E-state index is -0.518. The summed E-state index contributed by atoms with van der Waals surface area (Å²) in [7, 11) is 1.55. The highest BCUT2D eigenvalue weighted by Gasteiger charge is 2.23. The van der Waals surface area contributed by atoms with Gasteiger partial charge in [0.15, 0.2) is 6.61 Å². The molecule has 1 aliphatic rings. The Bertz CT molecular complexity index is 570. The monoisotopic (exact) mass is 319 g/mol. The largest absolute Gasteiger partial charge is 0.496 e. The lowest BCUT2D eigenvalue weighted by molar-refractivity contribution is -0.125. The molecule has 1 saturated carbocycles. The molecule has 126 valence electrons. The molecule has 0 radical (unpaired) electrons. The molecule has 1 N–H and O–H groups in total. The number of carbonyl (C=O) groups is 2. The van der Waals surface area contributed by atoms with E-state index in [1.54, 1.807) is 25.3 Å². The first-order valence-electron chi connectivity index (χ1n) is 8.12. The zero-order valence-electron chi connectivity index (χ0n) is 14.1. The van der Waals surface area contributed by atoms with E-state index in [-0.39, 0.29) is 18.6 Å². The second-order valence-electron chi connectivity index (χ2n) is 6.20. The number of esters is 1. The van der Waals surface area contributed by atoms with E-state index in [0.29, 0.717) is 17.2 Å². The van der Waals surface area contributed by atoms with E-state index in [4.69, 9.17) is 9.47 Å². The second-order valence-corrected chi connectivity index (χ2v) is 6.20. The van der Waals surface area contributed by atoms with Crippen LogP contribution in [0.5, 0.6) is 5.75 Å². The predicted molar refractivity (Wildman–Crippen MR) is 87.6 cm³/mol. The summed E-state index contributed by atoms with van der Waals surface area (Å²) in [6.07, 6.45) is 4.49. The molecule has 0 spiro atoms. The molecule has 0 heterocycles. The highest BCUT2D eigenvalue weighted by atomic mass is 16.5. The second kappa shape index (κ2) is 7.99. The smallest absolute Gasteiger partial charge is 0.338 e. The summed E-state index contributed by atoms with van der Waals surface area (Å²) in [4.78, 5) is 24.0. The van der Waals surface area contributed by atoms with Gasteiger partial charge in [-0.25, -0.2) is 4.79 Å². The van der Waals surface area contributed by atoms with Crippen molar-refractivity contribution in [3.8, 4) is 5.75 Å². The van der Waals surface area contributed by atoms with Crippen LogP contribution in [0.1, 0.15) is 48.5 Å². The van der Waals surface area contributed by atoms with E-state index in [0.717, 1.165) is 24.8 Å². The molecule has 1 aliphatic carbocycles. The molecule has 1 aromatic rings. The quantitative estimate of drug-likeness (QED) is 0.848. The zero-order chi connectivity index (χ0) is 16.8. The highest BCUT2D eigenvalue weighted by Crippen LogP contribution is 2.23. The van der Waals surface area contributed by atoms with E-state index in [9.17, 15) is 9.59 Å². The number of aryl methyl sites for hydroxylation is 1. The van der Waals surface area contributed by atoms with Crippen LogP contribution in [-0.2, 0) is 9.53 Å². The van der Waals surface area contributed by atoms with Gasteiger partial charge < -0.3 is 14.8 Å². The Hall–Kier alpha value is -2.04. The first-order chi connectivity index (χ1) is 11.0. The van der Waals surface area contributed by atoms with Crippen molar-refractivity contribution in [2.24, 2.45) is 5.92 Å². The topological polar surface area (TPSA) is 64.6 Å². The van der Waals surface area contributed by atoms with Gasteiger partial charge in [0.05, 0.1) is 12.7 Å². The number of benzene rings is 1. The first kappa shape index (κ1) is 17.3. The summed E-state index contributed by atoms with van der Waals surface area (Å²) in [6.45, 7) is 3.79. The van der Waals surface area contributed by atoms with Gasteiger partial charge in [-0.1, -0.05) is 25.8 Å². The summed E-state index contributed by atoms with van der Waals surface area (Å²) in [5.41, 5.74) is 1.32. The van der Waals surface area contributed by atoms with Crippen LogP contribution in [0.4, 0.5) is 0 Å². The fourth-order valence-corrected chi connectivity index (χ4v) is 2.94. The molecule has 0 bridgehead atoms. The molecule has 0 saturated heterocycles. The standard InChI is InChI=1S/C18H25NO4/c1-12-6-4-5-7-15(12)19-17(20)11-23-18(21)14-9-8-13(2)16(10-14)22-3/h8-10,12,15H,4-7,11H2,1-3H3,(H,19,20)/t12-,15-/m1/s1. The van der Waals surface area contributed by atoms with Gasteiger partial charge in [0.2, 0.25) is 0 Å². The number of nitrogens with one attached hydrogen (secondary N) is 1. The molecule has 0 aromatic heterocycles. The molecule has 0 aliphatic heterocycles. The van der Waals surface area contributed by atoms with Gasteiger partial charge in [0.25, 0.3) is 5.91 Å². The maximum atomic E-state index is 12.0. The lowest BCUT2D eigenvalue weighted by Gasteiger charge is -2.29. The first-order valence-corrected chi connectivity index (χ1v) is 8.12. The number of hydrogen-bond donors (Lipinski definition) is 1. The van der Waals surface area contributed by atoms with Crippen molar-refractivity contribution < 1.29 is 19.1 Å². The lowest BCUT2D eigenvalue weighted by atomic mass is 9.86. The van der Waals surface area contributed by atoms with Crippen LogP contribution in [-0.4, -0.2) is 31.6 Å². The van der Waals surface area contributed by atoms with Crippen LogP contribution in [0.3, 0.4) is 0 Å². The van der Waals surface area contributed by atoms with E-state index < -0.39 is 5.97 Å². The number of carbonyl (C=O) groups excluding carboxylic acids is 2. The van der Waals surface area contributed by atoms with Gasteiger partial charge in [-0.05, 0) is 43.4 Å². The maximum absolute atomic E-state index is 12.0. The number of hydrogen-bond acceptors (Lipinski definition) is 4. The lowest BCUT2D eigenvalue weighted by Crippen LogP contribution is -2.42. The molecule has 0 unspecified atom stereocenters. The Labute approximate surface area is 137 Å². The number of methoxy groups -OCH3 is 1. The Morgan fingerprint density at radius 3 is 2.70 bits per heavy atom. The van der Waals surface area contributed by atoms with Crippen LogP contribution in [0.25, 0.3) is 0 Å². The van der Waals surface area contributed by atoms with Gasteiger partial charge in [-0.15, -0.1) is 0 Å². The summed E-state index contributed by atoms with van der Waals surface area (Å²) in [5.74, 6) is 0.344. The number of rotatable bonds is 5. The Balaban J connectivity index is 1.85. The average Bonchev–Trinajstić information content (AvgIpc) is 2.55. The van der Waals surface area contributed by atoms with E-state index >= 15 is 0 Å². The Kier molecular flexibility index (Phi) is 6.02. The van der Waals surface area contributed by atoms with Gasteiger partial charge in [0.1, 0.15) is 5.75 Å². The maximum Gasteiger partial charge on any atom is 0.338 e. The molecule has 2 atom stereocenters. The summed E-state index contributed by atoms with van der Waals surface area (Å²) >= 11 is 0. The molecule has 1 fully saturated rings. The van der Waals surface area contributed by atoms with Crippen molar-refractivity contribution in [3.63, 3.8) is 0 Å². The minimum absolute atomic E-state index is 0.189. The van der Waals surface area contributed by atoms with Crippen molar-refractivity contribution in [2.75, 3.05) is 13.7 Å². The zero-order valence-corrected chi connectivity index (χ0v) is 14.1. The minimum Gasteiger partial charge on any atom is -0.496 e. The van der Waals surface area contributed by atoms with Gasteiger partial charge in [0, 0.05) is 6.04 Å². The van der Waals surface area contributed by atoms with Crippen LogP contribution in [0, 0.1) is 12.8 Å². The van der Waals surface area contributed by atoms with E-state index in [2.05, 4.69) is 12.2 Å². The molecule has 5 nitrogen and oxygen atoms in total. The summed E-state index contributed by atoms with van der Waals surface area (Å²) in [5, 5.41) is 2.97. The molecule has 1 amide bonds. The molecular formula is C18H25NO4. The van der Waals surface area contributed by atoms with Crippen molar-refractivity contribution >= 4 is 11.9 Å². The van der Waals surface area contributed by atoms with Gasteiger partial charge in [-0.3, -0.25) is 4.79 Å².